The molecule has 128 valence electrons. The summed E-state index contributed by atoms with van der Waals surface area (Å²) in [5.41, 5.74) is 6.70. The number of hydrogen-bond donors (Lipinski definition) is 1. The molecule has 7 heteroatoms. The van der Waals surface area contributed by atoms with Gasteiger partial charge in [0, 0.05) is 25.7 Å². The van der Waals surface area contributed by atoms with Gasteiger partial charge in [0.15, 0.2) is 11.5 Å². The first kappa shape index (κ1) is 16.8. The van der Waals surface area contributed by atoms with Gasteiger partial charge in [-0.2, -0.15) is 4.31 Å². The van der Waals surface area contributed by atoms with Crippen LogP contribution in [0.25, 0.3) is 0 Å². The van der Waals surface area contributed by atoms with E-state index in [-0.39, 0.29) is 24.8 Å². The Morgan fingerprint density at radius 3 is 2.50 bits per heavy atom. The van der Waals surface area contributed by atoms with Gasteiger partial charge in [0.2, 0.25) is 16.8 Å². The van der Waals surface area contributed by atoms with Gasteiger partial charge in [-0.15, -0.1) is 0 Å². The molecule has 1 aliphatic heterocycles. The molecular formula is C17H20N2O4S. The SMILES string of the molecule is NCCN(CCc1ccccc1)S(=O)(=O)c1ccc2c(c1)OCO2. The summed E-state index contributed by atoms with van der Waals surface area (Å²) < 4.78 is 37.8. The maximum absolute atomic E-state index is 12.9. The standard InChI is InChI=1S/C17H20N2O4S/c18-9-11-19(10-8-14-4-2-1-3-5-14)24(20,21)15-6-7-16-17(12-15)23-13-22-16/h1-7,12H,8-11,13,18H2. The normalized spacial score (nSPS) is 13.4. The summed E-state index contributed by atoms with van der Waals surface area (Å²) in [6.45, 7) is 1.01. The van der Waals surface area contributed by atoms with Crippen molar-refractivity contribution >= 4 is 10.0 Å². The van der Waals surface area contributed by atoms with E-state index in [1.54, 1.807) is 6.07 Å². The zero-order valence-electron chi connectivity index (χ0n) is 13.2. The van der Waals surface area contributed by atoms with Crippen LogP contribution in [0.1, 0.15) is 5.56 Å². The second-order valence-electron chi connectivity index (χ2n) is 5.44. The number of sulfonamides is 1. The molecule has 1 heterocycles. The van der Waals surface area contributed by atoms with Gasteiger partial charge >= 0.3 is 0 Å². The lowest BCUT2D eigenvalue weighted by Gasteiger charge is -2.21. The van der Waals surface area contributed by atoms with Crippen LogP contribution in [0.15, 0.2) is 53.4 Å². The van der Waals surface area contributed by atoms with E-state index in [0.717, 1.165) is 5.56 Å². The highest BCUT2D eigenvalue weighted by Crippen LogP contribution is 2.34. The van der Waals surface area contributed by atoms with Crippen molar-refractivity contribution in [3.63, 3.8) is 0 Å². The molecule has 0 spiro atoms. The first-order valence-electron chi connectivity index (χ1n) is 7.75. The van der Waals surface area contributed by atoms with Crippen LogP contribution in [-0.4, -0.2) is 39.2 Å². The van der Waals surface area contributed by atoms with Crippen LogP contribution in [-0.2, 0) is 16.4 Å². The van der Waals surface area contributed by atoms with Crippen molar-refractivity contribution in [3.05, 3.63) is 54.1 Å². The van der Waals surface area contributed by atoms with Crippen LogP contribution in [0.4, 0.5) is 0 Å². The Labute approximate surface area is 141 Å². The Hall–Kier alpha value is -2.09. The summed E-state index contributed by atoms with van der Waals surface area (Å²) in [6, 6.07) is 14.4. The van der Waals surface area contributed by atoms with E-state index in [0.29, 0.717) is 24.5 Å². The van der Waals surface area contributed by atoms with Crippen LogP contribution < -0.4 is 15.2 Å². The largest absolute Gasteiger partial charge is 0.454 e. The van der Waals surface area contributed by atoms with E-state index in [2.05, 4.69) is 0 Å². The first-order valence-corrected chi connectivity index (χ1v) is 9.19. The monoisotopic (exact) mass is 348 g/mol. The molecule has 0 atom stereocenters. The molecular weight excluding hydrogens is 328 g/mol. The summed E-state index contributed by atoms with van der Waals surface area (Å²) in [5.74, 6) is 1.01. The van der Waals surface area contributed by atoms with E-state index in [1.807, 2.05) is 30.3 Å². The number of benzene rings is 2. The van der Waals surface area contributed by atoms with Gasteiger partial charge in [0.1, 0.15) is 0 Å². The predicted octanol–water partition coefficient (Wildman–Crippen LogP) is 1.61. The van der Waals surface area contributed by atoms with Gasteiger partial charge in [-0.25, -0.2) is 8.42 Å². The summed E-state index contributed by atoms with van der Waals surface area (Å²) >= 11 is 0. The maximum atomic E-state index is 12.9. The van der Waals surface area contributed by atoms with Gasteiger partial charge in [-0.1, -0.05) is 30.3 Å². The van der Waals surface area contributed by atoms with Gasteiger partial charge < -0.3 is 15.2 Å². The molecule has 0 saturated heterocycles. The van der Waals surface area contributed by atoms with Crippen molar-refractivity contribution in [3.8, 4) is 11.5 Å². The summed E-state index contributed by atoms with van der Waals surface area (Å²) in [7, 11) is -3.64. The van der Waals surface area contributed by atoms with Crippen LogP contribution in [0.2, 0.25) is 0 Å². The third-order valence-corrected chi connectivity index (χ3v) is 5.75. The Morgan fingerprint density at radius 2 is 1.75 bits per heavy atom. The number of fused-ring (bicyclic) bond motifs is 1. The molecule has 0 aliphatic carbocycles. The molecule has 0 bridgehead atoms. The van der Waals surface area contributed by atoms with E-state index in [9.17, 15) is 8.42 Å². The highest BCUT2D eigenvalue weighted by molar-refractivity contribution is 7.89. The third kappa shape index (κ3) is 3.53. The lowest BCUT2D eigenvalue weighted by molar-refractivity contribution is 0.174. The molecule has 2 N–H and O–H groups in total. The van der Waals surface area contributed by atoms with E-state index < -0.39 is 10.0 Å². The van der Waals surface area contributed by atoms with Gasteiger partial charge in [-0.05, 0) is 24.1 Å². The summed E-state index contributed by atoms with van der Waals surface area (Å²) in [4.78, 5) is 0.188. The van der Waals surface area contributed by atoms with E-state index >= 15 is 0 Å². The van der Waals surface area contributed by atoms with Crippen LogP contribution >= 0.6 is 0 Å². The fraction of sp³-hybridized carbons (Fsp3) is 0.294. The molecule has 3 rings (SSSR count). The molecule has 2 aromatic rings. The number of rotatable bonds is 7. The van der Waals surface area contributed by atoms with Crippen LogP contribution in [0.3, 0.4) is 0 Å². The third-order valence-electron chi connectivity index (χ3n) is 3.85. The van der Waals surface area contributed by atoms with Crippen LogP contribution in [0.5, 0.6) is 11.5 Å². The van der Waals surface area contributed by atoms with Crippen molar-refractivity contribution in [2.24, 2.45) is 5.73 Å². The van der Waals surface area contributed by atoms with E-state index in [1.165, 1.54) is 16.4 Å². The summed E-state index contributed by atoms with van der Waals surface area (Å²) in [6.07, 6.45) is 0.630. The molecule has 6 nitrogen and oxygen atoms in total. The smallest absolute Gasteiger partial charge is 0.243 e. The average molecular weight is 348 g/mol. The lowest BCUT2D eigenvalue weighted by atomic mass is 10.1. The minimum absolute atomic E-state index is 0.110. The van der Waals surface area contributed by atoms with Gasteiger partial charge in [0.25, 0.3) is 0 Å². The second kappa shape index (κ2) is 7.21. The molecule has 0 saturated carbocycles. The fourth-order valence-corrected chi connectivity index (χ4v) is 4.05. The molecule has 0 aromatic heterocycles. The Balaban J connectivity index is 1.80. The molecule has 0 unspecified atom stereocenters. The predicted molar refractivity (Wildman–Crippen MR) is 90.5 cm³/mol. The molecule has 2 aromatic carbocycles. The van der Waals surface area contributed by atoms with Crippen molar-refractivity contribution in [2.75, 3.05) is 26.4 Å². The van der Waals surface area contributed by atoms with Crippen molar-refractivity contribution in [2.45, 2.75) is 11.3 Å². The second-order valence-corrected chi connectivity index (χ2v) is 7.38. The van der Waals surface area contributed by atoms with Crippen molar-refractivity contribution < 1.29 is 17.9 Å². The van der Waals surface area contributed by atoms with E-state index in [4.69, 9.17) is 15.2 Å². The molecule has 0 radical (unpaired) electrons. The highest BCUT2D eigenvalue weighted by atomic mass is 32.2. The Morgan fingerprint density at radius 1 is 1.00 bits per heavy atom. The average Bonchev–Trinajstić information content (AvgIpc) is 3.07. The van der Waals surface area contributed by atoms with Gasteiger partial charge in [-0.3, -0.25) is 0 Å². The molecule has 0 amide bonds. The highest BCUT2D eigenvalue weighted by Gasteiger charge is 2.26. The van der Waals surface area contributed by atoms with Gasteiger partial charge in [0.05, 0.1) is 4.90 Å². The lowest BCUT2D eigenvalue weighted by Crippen LogP contribution is -2.36. The number of nitrogens with zero attached hydrogens (tertiary/aromatic N) is 1. The van der Waals surface area contributed by atoms with Crippen LogP contribution in [0, 0.1) is 0 Å². The minimum Gasteiger partial charge on any atom is -0.454 e. The number of nitrogens with two attached hydrogens (primary N) is 1. The quantitative estimate of drug-likeness (QED) is 0.822. The Kier molecular flexibility index (Phi) is 5.03. The molecule has 24 heavy (non-hydrogen) atoms. The minimum atomic E-state index is -3.64. The first-order chi connectivity index (χ1) is 11.6. The zero-order chi connectivity index (χ0) is 17.0. The number of ether oxygens (including phenoxy) is 2. The molecule has 0 fully saturated rings. The molecule has 1 aliphatic rings. The number of hydrogen-bond acceptors (Lipinski definition) is 5. The Bertz CT molecular complexity index is 793. The maximum Gasteiger partial charge on any atom is 0.243 e. The summed E-state index contributed by atoms with van der Waals surface area (Å²) in [5, 5.41) is 0. The fourth-order valence-electron chi connectivity index (χ4n) is 2.58. The van der Waals surface area contributed by atoms with Crippen molar-refractivity contribution in [1.29, 1.82) is 0 Å². The topological polar surface area (TPSA) is 81.9 Å². The zero-order valence-corrected chi connectivity index (χ0v) is 14.0. The van der Waals surface area contributed by atoms with Crippen molar-refractivity contribution in [1.82, 2.24) is 4.31 Å².